The fraction of sp³-hybridized carbons (Fsp3) is 0.643. The average Bonchev–Trinajstić information content (AvgIpc) is 2.71. The summed E-state index contributed by atoms with van der Waals surface area (Å²) in [5, 5.41) is 0. The molecule has 7 nitrogen and oxygen atoms in total. The van der Waals surface area contributed by atoms with Crippen molar-refractivity contribution in [1.82, 2.24) is 18.7 Å². The Labute approximate surface area is 123 Å². The highest BCUT2D eigenvalue weighted by Gasteiger charge is 2.22. The highest BCUT2D eigenvalue weighted by molar-refractivity contribution is 5.71. The Morgan fingerprint density at radius 1 is 1.19 bits per heavy atom. The van der Waals surface area contributed by atoms with E-state index in [9.17, 15) is 9.59 Å². The number of fused-ring (bicyclic) bond motifs is 1. The van der Waals surface area contributed by atoms with Crippen LogP contribution in [-0.4, -0.2) is 24.2 Å². The van der Waals surface area contributed by atoms with E-state index in [1.807, 2.05) is 13.8 Å². The molecule has 0 fully saturated rings. The minimum absolute atomic E-state index is 0.174. The van der Waals surface area contributed by atoms with Crippen LogP contribution in [0.2, 0.25) is 0 Å². The topological polar surface area (TPSA) is 87.8 Å². The monoisotopic (exact) mass is 293 g/mol. The molecule has 0 radical (unpaired) electrons. The van der Waals surface area contributed by atoms with Gasteiger partial charge in [0.1, 0.15) is 5.82 Å². The molecule has 0 saturated carbocycles. The summed E-state index contributed by atoms with van der Waals surface area (Å²) >= 11 is 0. The second kappa shape index (κ2) is 5.14. The molecule has 0 aliphatic rings. The summed E-state index contributed by atoms with van der Waals surface area (Å²) in [6.07, 6.45) is 0.699. The molecule has 0 spiro atoms. The molecule has 0 unspecified atom stereocenters. The highest BCUT2D eigenvalue weighted by Crippen LogP contribution is 2.11. The van der Waals surface area contributed by atoms with Crippen molar-refractivity contribution >= 4 is 11.2 Å². The molecule has 0 bridgehead atoms. The minimum Gasteiger partial charge on any atom is -0.325 e. The van der Waals surface area contributed by atoms with Gasteiger partial charge in [-0.05, 0) is 20.8 Å². The molecule has 2 heterocycles. The van der Waals surface area contributed by atoms with Gasteiger partial charge >= 0.3 is 5.69 Å². The van der Waals surface area contributed by atoms with Crippen LogP contribution < -0.4 is 17.0 Å². The van der Waals surface area contributed by atoms with E-state index in [1.165, 1.54) is 9.13 Å². The van der Waals surface area contributed by atoms with Crippen LogP contribution in [0.1, 0.15) is 33.5 Å². The maximum atomic E-state index is 12.7. The largest absolute Gasteiger partial charge is 0.332 e. The van der Waals surface area contributed by atoms with E-state index < -0.39 is 5.54 Å². The van der Waals surface area contributed by atoms with E-state index in [4.69, 9.17) is 5.73 Å². The van der Waals surface area contributed by atoms with E-state index in [0.29, 0.717) is 24.1 Å². The first-order valence-corrected chi connectivity index (χ1v) is 7.19. The van der Waals surface area contributed by atoms with Gasteiger partial charge in [-0.3, -0.25) is 13.9 Å². The molecule has 2 aromatic heterocycles. The summed E-state index contributed by atoms with van der Waals surface area (Å²) in [7, 11) is 1.80. The van der Waals surface area contributed by atoms with E-state index in [-0.39, 0.29) is 17.8 Å². The lowest BCUT2D eigenvalue weighted by atomic mass is 10.1. The molecule has 0 amide bonds. The van der Waals surface area contributed by atoms with E-state index in [2.05, 4.69) is 4.98 Å². The minimum atomic E-state index is -0.644. The number of aryl methyl sites for hydroxylation is 3. The Hall–Kier alpha value is -1.89. The van der Waals surface area contributed by atoms with Crippen molar-refractivity contribution < 1.29 is 0 Å². The quantitative estimate of drug-likeness (QED) is 0.873. The van der Waals surface area contributed by atoms with Gasteiger partial charge in [0.15, 0.2) is 11.2 Å². The number of hydrogen-bond donors (Lipinski definition) is 1. The van der Waals surface area contributed by atoms with Crippen LogP contribution in [-0.2, 0) is 26.6 Å². The molecular formula is C14H23N5O2. The summed E-state index contributed by atoms with van der Waals surface area (Å²) in [5.74, 6) is 0.786. The third-order valence-corrected chi connectivity index (χ3v) is 3.53. The lowest BCUT2D eigenvalue weighted by Crippen LogP contribution is -2.48. The van der Waals surface area contributed by atoms with Crippen LogP contribution in [0.25, 0.3) is 11.2 Å². The lowest BCUT2D eigenvalue weighted by Gasteiger charge is -2.20. The molecule has 0 aliphatic carbocycles. The molecule has 2 aromatic rings. The highest BCUT2D eigenvalue weighted by atomic mass is 16.2. The number of nitrogens with two attached hydrogens (primary N) is 1. The van der Waals surface area contributed by atoms with Crippen molar-refractivity contribution in [1.29, 1.82) is 0 Å². The third-order valence-electron chi connectivity index (χ3n) is 3.53. The second-order valence-electron chi connectivity index (χ2n) is 6.02. The lowest BCUT2D eigenvalue weighted by molar-refractivity contribution is 0.408. The van der Waals surface area contributed by atoms with Crippen molar-refractivity contribution in [3.63, 3.8) is 0 Å². The third kappa shape index (κ3) is 2.53. The zero-order valence-corrected chi connectivity index (χ0v) is 13.3. The first-order chi connectivity index (χ1) is 9.71. The maximum absolute atomic E-state index is 12.7. The number of aromatic nitrogens is 4. The molecule has 0 atom stereocenters. The summed E-state index contributed by atoms with van der Waals surface area (Å²) in [4.78, 5) is 29.7. The van der Waals surface area contributed by atoms with E-state index in [1.54, 1.807) is 25.5 Å². The number of nitrogens with zero attached hydrogens (tertiary/aromatic N) is 4. The Morgan fingerprint density at radius 2 is 1.81 bits per heavy atom. The van der Waals surface area contributed by atoms with Gasteiger partial charge in [-0.2, -0.15) is 0 Å². The van der Waals surface area contributed by atoms with E-state index in [0.717, 1.165) is 5.82 Å². The first kappa shape index (κ1) is 15.5. The van der Waals surface area contributed by atoms with Gasteiger partial charge < -0.3 is 10.3 Å². The van der Waals surface area contributed by atoms with Crippen LogP contribution in [0.15, 0.2) is 9.59 Å². The molecular weight excluding hydrogens is 270 g/mol. The average molecular weight is 293 g/mol. The van der Waals surface area contributed by atoms with Crippen molar-refractivity contribution in [3.8, 4) is 0 Å². The smallest absolute Gasteiger partial charge is 0.325 e. The van der Waals surface area contributed by atoms with Gasteiger partial charge in [0.2, 0.25) is 0 Å². The molecule has 21 heavy (non-hydrogen) atoms. The van der Waals surface area contributed by atoms with E-state index >= 15 is 0 Å². The first-order valence-electron chi connectivity index (χ1n) is 7.19. The normalized spacial score (nSPS) is 12.3. The van der Waals surface area contributed by atoms with Gasteiger partial charge in [-0.1, -0.05) is 6.92 Å². The Bertz CT molecular complexity index is 789. The fourth-order valence-electron chi connectivity index (χ4n) is 2.56. The van der Waals surface area contributed by atoms with Gasteiger partial charge in [-0.25, -0.2) is 9.78 Å². The summed E-state index contributed by atoms with van der Waals surface area (Å²) in [6, 6.07) is 0. The zero-order chi connectivity index (χ0) is 15.9. The number of hydrogen-bond acceptors (Lipinski definition) is 4. The molecule has 0 saturated heterocycles. The van der Waals surface area contributed by atoms with Gasteiger partial charge in [0.25, 0.3) is 5.56 Å². The van der Waals surface area contributed by atoms with Crippen LogP contribution >= 0.6 is 0 Å². The summed E-state index contributed by atoms with van der Waals surface area (Å²) in [6.45, 7) is 8.05. The van der Waals surface area contributed by atoms with Gasteiger partial charge in [-0.15, -0.1) is 0 Å². The zero-order valence-electron chi connectivity index (χ0n) is 13.3. The Morgan fingerprint density at radius 3 is 2.29 bits per heavy atom. The summed E-state index contributed by atoms with van der Waals surface area (Å²) < 4.78 is 4.51. The fourth-order valence-corrected chi connectivity index (χ4v) is 2.56. The maximum Gasteiger partial charge on any atom is 0.332 e. The standard InChI is InChI=1S/C14H23N5O2/c1-6-9-16-11-10(17(9)5)12(20)19(8-14(3,4)15)13(21)18(11)7-2/h6-8,15H2,1-5H3. The Kier molecular flexibility index (Phi) is 3.79. The van der Waals surface area contributed by atoms with Crippen molar-refractivity contribution in [2.45, 2.75) is 52.7 Å². The Balaban J connectivity index is 2.92. The van der Waals surface area contributed by atoms with Gasteiger partial charge in [0.05, 0.1) is 0 Å². The summed E-state index contributed by atoms with van der Waals surface area (Å²) in [5.41, 5.74) is 5.57. The predicted octanol–water partition coefficient (Wildman–Crippen LogP) is 0.216. The molecule has 0 aliphatic heterocycles. The van der Waals surface area contributed by atoms with Crippen LogP contribution in [0.5, 0.6) is 0 Å². The molecule has 0 aromatic carbocycles. The number of rotatable bonds is 4. The molecule has 2 N–H and O–H groups in total. The van der Waals surface area contributed by atoms with Crippen LogP contribution in [0, 0.1) is 0 Å². The van der Waals surface area contributed by atoms with Crippen molar-refractivity contribution in [3.05, 3.63) is 26.7 Å². The van der Waals surface area contributed by atoms with Crippen molar-refractivity contribution in [2.75, 3.05) is 0 Å². The van der Waals surface area contributed by atoms with Crippen molar-refractivity contribution in [2.24, 2.45) is 12.8 Å². The predicted molar refractivity (Wildman–Crippen MR) is 82.6 cm³/mol. The number of imidazole rings is 1. The van der Waals surface area contributed by atoms with Gasteiger partial charge in [0, 0.05) is 32.1 Å². The van der Waals surface area contributed by atoms with Crippen LogP contribution in [0.3, 0.4) is 0 Å². The molecule has 7 heteroatoms. The van der Waals surface area contributed by atoms with Crippen LogP contribution in [0.4, 0.5) is 0 Å². The molecule has 116 valence electrons. The SMILES string of the molecule is CCc1nc2c(c(=O)n(CC(C)(C)N)c(=O)n2CC)n1C. The molecule has 2 rings (SSSR count). The second-order valence-corrected chi connectivity index (χ2v) is 6.02.